The van der Waals surface area contributed by atoms with Gasteiger partial charge in [0.15, 0.2) is 0 Å². The third-order valence-electron chi connectivity index (χ3n) is 3.73. The van der Waals surface area contributed by atoms with Gasteiger partial charge in [-0.25, -0.2) is 0 Å². The molecule has 1 N–H and O–H groups in total. The third kappa shape index (κ3) is 3.86. The van der Waals surface area contributed by atoms with Gasteiger partial charge in [0.25, 0.3) is 0 Å². The summed E-state index contributed by atoms with van der Waals surface area (Å²) in [5.74, 6) is -0.0591. The monoisotopic (exact) mass is 306 g/mol. The fraction of sp³-hybridized carbons (Fsp3) is 0.158. The number of rotatable bonds is 4. The molecule has 4 heteroatoms. The van der Waals surface area contributed by atoms with Crippen molar-refractivity contribution in [3.05, 3.63) is 66.2 Å². The summed E-state index contributed by atoms with van der Waals surface area (Å²) in [5, 5.41) is 2.83. The molecule has 4 nitrogen and oxygen atoms in total. The number of hydrogen-bond donors (Lipinski definition) is 1. The Bertz CT molecular complexity index is 738. The van der Waals surface area contributed by atoms with E-state index in [1.165, 1.54) is 6.08 Å². The molecular weight excluding hydrogens is 288 g/mol. The average molecular weight is 306 g/mol. The minimum absolute atomic E-state index is 0.137. The normalized spacial score (nSPS) is 14.4. The predicted octanol–water partition coefficient (Wildman–Crippen LogP) is 3.47. The van der Waals surface area contributed by atoms with E-state index in [1.54, 1.807) is 11.0 Å². The molecule has 0 aliphatic carbocycles. The van der Waals surface area contributed by atoms with Gasteiger partial charge in [-0.05, 0) is 36.3 Å². The lowest BCUT2D eigenvalue weighted by Gasteiger charge is -2.16. The molecule has 2 aromatic rings. The van der Waals surface area contributed by atoms with Gasteiger partial charge in [0.1, 0.15) is 0 Å². The van der Waals surface area contributed by atoms with Gasteiger partial charge in [-0.3, -0.25) is 9.59 Å². The first-order valence-corrected chi connectivity index (χ1v) is 7.67. The Labute approximate surface area is 135 Å². The van der Waals surface area contributed by atoms with Crippen LogP contribution in [0, 0.1) is 0 Å². The quantitative estimate of drug-likeness (QED) is 0.879. The summed E-state index contributed by atoms with van der Waals surface area (Å²) in [6, 6.07) is 17.0. The first kappa shape index (κ1) is 15.0. The number of benzene rings is 2. The molecule has 0 radical (unpaired) electrons. The highest BCUT2D eigenvalue weighted by atomic mass is 16.2. The molecule has 0 aromatic heterocycles. The Hall–Kier alpha value is -2.88. The van der Waals surface area contributed by atoms with Crippen molar-refractivity contribution in [2.45, 2.75) is 12.8 Å². The lowest BCUT2D eigenvalue weighted by Crippen LogP contribution is -2.23. The number of nitrogens with one attached hydrogen (secondary N) is 1. The Morgan fingerprint density at radius 3 is 2.65 bits per heavy atom. The van der Waals surface area contributed by atoms with E-state index < -0.39 is 0 Å². The number of carbonyl (C=O) groups is 2. The van der Waals surface area contributed by atoms with Gasteiger partial charge in [0.05, 0.1) is 0 Å². The van der Waals surface area contributed by atoms with Crippen molar-refractivity contribution >= 4 is 29.3 Å². The Morgan fingerprint density at radius 1 is 1.09 bits per heavy atom. The highest BCUT2D eigenvalue weighted by molar-refractivity contribution is 6.02. The lowest BCUT2D eigenvalue weighted by atomic mass is 10.2. The van der Waals surface area contributed by atoms with Crippen molar-refractivity contribution in [3.8, 4) is 0 Å². The summed E-state index contributed by atoms with van der Waals surface area (Å²) in [6.07, 6.45) is 4.75. The lowest BCUT2D eigenvalue weighted by molar-refractivity contribution is -0.117. The van der Waals surface area contributed by atoms with E-state index in [2.05, 4.69) is 5.32 Å². The molecule has 23 heavy (non-hydrogen) atoms. The van der Waals surface area contributed by atoms with Crippen molar-refractivity contribution in [2.24, 2.45) is 0 Å². The second kappa shape index (κ2) is 6.92. The molecule has 1 aliphatic heterocycles. The average Bonchev–Trinajstić information content (AvgIpc) is 3.00. The minimum atomic E-state index is -0.196. The van der Waals surface area contributed by atoms with Crippen LogP contribution >= 0.6 is 0 Å². The summed E-state index contributed by atoms with van der Waals surface area (Å²) in [6.45, 7) is 0.740. The maximum atomic E-state index is 12.0. The van der Waals surface area contributed by atoms with Gasteiger partial charge < -0.3 is 10.2 Å². The van der Waals surface area contributed by atoms with Crippen LogP contribution in [-0.2, 0) is 9.59 Å². The number of hydrogen-bond acceptors (Lipinski definition) is 2. The summed E-state index contributed by atoms with van der Waals surface area (Å²) in [7, 11) is 0. The van der Waals surface area contributed by atoms with Crippen LogP contribution in [0.4, 0.5) is 11.4 Å². The molecular formula is C19H18N2O2. The van der Waals surface area contributed by atoms with Gasteiger partial charge in [0.2, 0.25) is 11.8 Å². The summed E-state index contributed by atoms with van der Waals surface area (Å²) in [5.41, 5.74) is 2.49. The fourth-order valence-corrected chi connectivity index (χ4v) is 2.59. The molecule has 0 atom stereocenters. The van der Waals surface area contributed by atoms with Crippen LogP contribution < -0.4 is 10.2 Å². The second-order valence-corrected chi connectivity index (χ2v) is 5.43. The van der Waals surface area contributed by atoms with E-state index in [-0.39, 0.29) is 11.8 Å². The molecule has 0 unspecified atom stereocenters. The van der Waals surface area contributed by atoms with Gasteiger partial charge in [-0.2, -0.15) is 0 Å². The summed E-state index contributed by atoms with van der Waals surface area (Å²) >= 11 is 0. The first-order chi connectivity index (χ1) is 11.2. The predicted molar refractivity (Wildman–Crippen MR) is 92.1 cm³/mol. The van der Waals surface area contributed by atoms with Crippen LogP contribution in [0.15, 0.2) is 60.7 Å². The van der Waals surface area contributed by atoms with Crippen molar-refractivity contribution in [3.63, 3.8) is 0 Å². The molecule has 1 heterocycles. The number of carbonyl (C=O) groups excluding carboxylic acids is 2. The van der Waals surface area contributed by atoms with Crippen molar-refractivity contribution < 1.29 is 9.59 Å². The van der Waals surface area contributed by atoms with E-state index >= 15 is 0 Å². The number of anilines is 2. The van der Waals surface area contributed by atoms with E-state index in [0.29, 0.717) is 12.1 Å². The molecule has 3 rings (SSSR count). The molecule has 1 fully saturated rings. The fourth-order valence-electron chi connectivity index (χ4n) is 2.59. The third-order valence-corrected chi connectivity index (χ3v) is 3.73. The van der Waals surface area contributed by atoms with Crippen LogP contribution in [0.5, 0.6) is 0 Å². The Kier molecular flexibility index (Phi) is 4.52. The Morgan fingerprint density at radius 2 is 1.91 bits per heavy atom. The van der Waals surface area contributed by atoms with Gasteiger partial charge in [-0.1, -0.05) is 36.4 Å². The molecule has 0 spiro atoms. The smallest absolute Gasteiger partial charge is 0.248 e. The van der Waals surface area contributed by atoms with E-state index in [1.807, 2.05) is 54.6 Å². The van der Waals surface area contributed by atoms with Crippen LogP contribution in [0.1, 0.15) is 18.4 Å². The van der Waals surface area contributed by atoms with Gasteiger partial charge >= 0.3 is 0 Å². The standard InChI is InChI=1S/C19H18N2O2/c22-18(12-11-15-6-2-1-3-7-15)20-16-8-4-9-17(14-16)21-13-5-10-19(21)23/h1-4,6-9,11-12,14H,5,10,13H2,(H,20,22)/b12-11-. The second-order valence-electron chi connectivity index (χ2n) is 5.43. The summed E-state index contributed by atoms with van der Waals surface area (Å²) in [4.78, 5) is 25.6. The topological polar surface area (TPSA) is 49.4 Å². The minimum Gasteiger partial charge on any atom is -0.322 e. The molecule has 2 amide bonds. The highest BCUT2D eigenvalue weighted by Gasteiger charge is 2.21. The van der Waals surface area contributed by atoms with Crippen molar-refractivity contribution in [1.82, 2.24) is 0 Å². The van der Waals surface area contributed by atoms with E-state index in [0.717, 1.165) is 24.2 Å². The van der Waals surface area contributed by atoms with Crippen molar-refractivity contribution in [1.29, 1.82) is 0 Å². The maximum absolute atomic E-state index is 12.0. The molecule has 0 saturated carbocycles. The zero-order valence-corrected chi connectivity index (χ0v) is 12.7. The molecule has 1 aliphatic rings. The van der Waals surface area contributed by atoms with Crippen LogP contribution in [0.2, 0.25) is 0 Å². The number of amides is 2. The SMILES string of the molecule is O=C(/C=C\c1ccccc1)Nc1cccc(N2CCCC2=O)c1. The Balaban J connectivity index is 1.67. The van der Waals surface area contributed by atoms with Gasteiger partial charge in [0, 0.05) is 30.4 Å². The molecule has 0 bridgehead atoms. The van der Waals surface area contributed by atoms with Crippen LogP contribution in [-0.4, -0.2) is 18.4 Å². The summed E-state index contributed by atoms with van der Waals surface area (Å²) < 4.78 is 0. The van der Waals surface area contributed by atoms with E-state index in [9.17, 15) is 9.59 Å². The largest absolute Gasteiger partial charge is 0.322 e. The van der Waals surface area contributed by atoms with Crippen molar-refractivity contribution in [2.75, 3.05) is 16.8 Å². The maximum Gasteiger partial charge on any atom is 0.248 e. The zero-order chi connectivity index (χ0) is 16.1. The highest BCUT2D eigenvalue weighted by Crippen LogP contribution is 2.24. The molecule has 2 aromatic carbocycles. The van der Waals surface area contributed by atoms with E-state index in [4.69, 9.17) is 0 Å². The number of nitrogens with zero attached hydrogens (tertiary/aromatic N) is 1. The molecule has 116 valence electrons. The van der Waals surface area contributed by atoms with Gasteiger partial charge in [-0.15, -0.1) is 0 Å². The first-order valence-electron chi connectivity index (χ1n) is 7.67. The van der Waals surface area contributed by atoms with Crippen LogP contribution in [0.25, 0.3) is 6.08 Å². The van der Waals surface area contributed by atoms with Crippen LogP contribution in [0.3, 0.4) is 0 Å². The zero-order valence-electron chi connectivity index (χ0n) is 12.7. The molecule has 1 saturated heterocycles.